The number of nitrogens with zero attached hydrogens (tertiary/aromatic N) is 3. The number of amides is 1. The highest BCUT2D eigenvalue weighted by Gasteiger charge is 2.23. The predicted molar refractivity (Wildman–Crippen MR) is 170 cm³/mol. The minimum absolute atomic E-state index is 0.0223. The normalized spacial score (nSPS) is 15.3. The summed E-state index contributed by atoms with van der Waals surface area (Å²) < 4.78 is 36.2. The molecule has 1 aliphatic rings. The number of fused-ring (bicyclic) bond motifs is 1. The minimum atomic E-state index is -0.677. The lowest BCUT2D eigenvalue weighted by molar-refractivity contribution is 0.00581. The lowest BCUT2D eigenvalue weighted by Gasteiger charge is -2.21. The van der Waals surface area contributed by atoms with Gasteiger partial charge in [0.2, 0.25) is 0 Å². The molecule has 3 aromatic carbocycles. The summed E-state index contributed by atoms with van der Waals surface area (Å²) in [4.78, 5) is 30.8. The average molecular weight is 611 g/mol. The third-order valence-electron chi connectivity index (χ3n) is 8.08. The third kappa shape index (κ3) is 6.61. The van der Waals surface area contributed by atoms with Crippen LogP contribution in [0.2, 0.25) is 0 Å². The smallest absolute Gasteiger partial charge is 0.284 e. The van der Waals surface area contributed by atoms with Gasteiger partial charge in [0.05, 0.1) is 23.0 Å². The van der Waals surface area contributed by atoms with Crippen molar-refractivity contribution in [2.75, 3.05) is 18.5 Å². The van der Waals surface area contributed by atoms with Crippen LogP contribution in [0, 0.1) is 12.7 Å². The summed E-state index contributed by atoms with van der Waals surface area (Å²) in [6, 6.07) is 20.3. The Hall–Kier alpha value is -4.96. The van der Waals surface area contributed by atoms with Crippen LogP contribution in [0.25, 0.3) is 16.6 Å². The van der Waals surface area contributed by atoms with Crippen molar-refractivity contribution in [1.29, 1.82) is 0 Å². The van der Waals surface area contributed by atoms with Gasteiger partial charge < -0.3 is 19.5 Å². The fourth-order valence-corrected chi connectivity index (χ4v) is 5.57. The Labute approximate surface area is 260 Å². The number of hydrogen-bond donors (Lipinski definition) is 1. The SMILES string of the molecule is Cc1c(C(=O)Nc2ccc(Oc3ccnc4cc(OCC5CCCCCCO5)ccc34)c(F)c2)c(=O)n(-c2ccccc2)n1C. The first kappa shape index (κ1) is 30.1. The van der Waals surface area contributed by atoms with Gasteiger partial charge in [0.1, 0.15) is 23.7 Å². The summed E-state index contributed by atoms with van der Waals surface area (Å²) in [6.45, 7) is 2.93. The van der Waals surface area contributed by atoms with Crippen LogP contribution in [0.1, 0.15) is 48.2 Å². The summed E-state index contributed by atoms with van der Waals surface area (Å²) in [7, 11) is 1.71. The summed E-state index contributed by atoms with van der Waals surface area (Å²) in [5.41, 5.74) is 1.46. The van der Waals surface area contributed by atoms with Crippen molar-refractivity contribution in [1.82, 2.24) is 14.3 Å². The Bertz CT molecular complexity index is 1880. The summed E-state index contributed by atoms with van der Waals surface area (Å²) in [5.74, 6) is -0.233. The fourth-order valence-electron chi connectivity index (χ4n) is 5.57. The van der Waals surface area contributed by atoms with E-state index in [2.05, 4.69) is 10.3 Å². The Kier molecular flexibility index (Phi) is 8.93. The largest absolute Gasteiger partial charge is 0.491 e. The van der Waals surface area contributed by atoms with Crippen molar-refractivity contribution in [2.45, 2.75) is 45.1 Å². The third-order valence-corrected chi connectivity index (χ3v) is 8.08. The molecule has 0 saturated carbocycles. The number of hydrogen-bond acceptors (Lipinski definition) is 6. The van der Waals surface area contributed by atoms with E-state index in [1.54, 1.807) is 43.0 Å². The van der Waals surface area contributed by atoms with Crippen LogP contribution in [0.4, 0.5) is 10.1 Å². The van der Waals surface area contributed by atoms with Crippen LogP contribution in [0.3, 0.4) is 0 Å². The van der Waals surface area contributed by atoms with Crippen LogP contribution in [-0.4, -0.2) is 39.6 Å². The van der Waals surface area contributed by atoms with Crippen LogP contribution in [0.15, 0.2) is 83.8 Å². The molecule has 232 valence electrons. The monoisotopic (exact) mass is 610 g/mol. The molecular weight excluding hydrogens is 575 g/mol. The zero-order chi connectivity index (χ0) is 31.3. The van der Waals surface area contributed by atoms with E-state index in [0.717, 1.165) is 31.9 Å². The quantitative estimate of drug-likeness (QED) is 0.204. The van der Waals surface area contributed by atoms with Gasteiger partial charge in [-0.25, -0.2) is 9.07 Å². The molecule has 0 aliphatic carbocycles. The number of halogens is 1. The standard InChI is InChI=1S/C35H35FN4O5/c1-23-33(35(42)40(39(23)2)25-10-6-5-7-11-25)34(41)38-24-13-16-32(29(36)20-24)45-31-17-18-37-30-21-26(14-15-28(30)31)44-22-27-12-8-3-4-9-19-43-27/h5-7,10-11,13-18,20-21,27H,3-4,8-9,12,19,22H2,1-2H3,(H,38,41). The van der Waals surface area contributed by atoms with Gasteiger partial charge >= 0.3 is 0 Å². The van der Waals surface area contributed by atoms with Gasteiger partial charge in [0.25, 0.3) is 11.5 Å². The second kappa shape index (κ2) is 13.4. The molecule has 1 unspecified atom stereocenters. The van der Waals surface area contributed by atoms with Crippen LogP contribution >= 0.6 is 0 Å². The van der Waals surface area contributed by atoms with E-state index in [4.69, 9.17) is 14.2 Å². The maximum Gasteiger partial charge on any atom is 0.284 e. The maximum absolute atomic E-state index is 15.2. The predicted octanol–water partition coefficient (Wildman–Crippen LogP) is 6.94. The van der Waals surface area contributed by atoms with E-state index in [1.807, 2.05) is 36.4 Å². The molecule has 3 heterocycles. The van der Waals surface area contributed by atoms with Crippen molar-refractivity contribution in [3.8, 4) is 22.9 Å². The van der Waals surface area contributed by atoms with Gasteiger partial charge in [-0.2, -0.15) is 0 Å². The molecule has 1 saturated heterocycles. The van der Waals surface area contributed by atoms with Crippen molar-refractivity contribution >= 4 is 22.5 Å². The molecule has 1 fully saturated rings. The Morgan fingerprint density at radius 2 is 1.84 bits per heavy atom. The topological polar surface area (TPSA) is 96.6 Å². The first-order chi connectivity index (χ1) is 21.9. The van der Waals surface area contributed by atoms with Crippen molar-refractivity contribution < 1.29 is 23.4 Å². The van der Waals surface area contributed by atoms with Crippen LogP contribution in [-0.2, 0) is 11.8 Å². The highest BCUT2D eigenvalue weighted by molar-refractivity contribution is 6.05. The maximum atomic E-state index is 15.2. The molecule has 1 N–H and O–H groups in total. The fraction of sp³-hybridized carbons (Fsp3) is 0.286. The molecule has 1 atom stereocenters. The van der Waals surface area contributed by atoms with Crippen molar-refractivity contribution in [3.63, 3.8) is 0 Å². The zero-order valence-corrected chi connectivity index (χ0v) is 25.3. The molecule has 0 bridgehead atoms. The van der Waals surface area contributed by atoms with Gasteiger partial charge in [0, 0.05) is 43.1 Å². The second-order valence-electron chi connectivity index (χ2n) is 11.1. The zero-order valence-electron chi connectivity index (χ0n) is 25.3. The molecule has 45 heavy (non-hydrogen) atoms. The number of carbonyl (C=O) groups is 1. The summed E-state index contributed by atoms with van der Waals surface area (Å²) in [6.07, 6.45) is 7.32. The van der Waals surface area contributed by atoms with Crippen LogP contribution < -0.4 is 20.3 Å². The van der Waals surface area contributed by atoms with Crippen molar-refractivity contribution in [2.24, 2.45) is 7.05 Å². The second-order valence-corrected chi connectivity index (χ2v) is 11.1. The molecule has 2 aromatic heterocycles. The van der Waals surface area contributed by atoms with E-state index in [0.29, 0.717) is 40.4 Å². The van der Waals surface area contributed by atoms with E-state index in [1.165, 1.54) is 29.7 Å². The number of benzene rings is 3. The highest BCUT2D eigenvalue weighted by Crippen LogP contribution is 2.33. The molecular formula is C35H35FN4O5. The van der Waals surface area contributed by atoms with Crippen LogP contribution in [0.5, 0.6) is 17.2 Å². The molecule has 10 heteroatoms. The van der Waals surface area contributed by atoms with E-state index < -0.39 is 17.3 Å². The van der Waals surface area contributed by atoms with Gasteiger partial charge in [-0.15, -0.1) is 0 Å². The molecule has 0 spiro atoms. The van der Waals surface area contributed by atoms with Gasteiger partial charge in [-0.1, -0.05) is 37.5 Å². The number of aromatic nitrogens is 3. The first-order valence-electron chi connectivity index (χ1n) is 15.1. The van der Waals surface area contributed by atoms with Crippen molar-refractivity contribution in [3.05, 3.63) is 106 Å². The average Bonchev–Trinajstić information content (AvgIpc) is 3.25. The summed E-state index contributed by atoms with van der Waals surface area (Å²) >= 11 is 0. The Morgan fingerprint density at radius 1 is 1.02 bits per heavy atom. The molecule has 1 aliphatic heterocycles. The van der Waals surface area contributed by atoms with Gasteiger partial charge in [-0.05, 0) is 62.2 Å². The minimum Gasteiger partial charge on any atom is -0.491 e. The van der Waals surface area contributed by atoms with Gasteiger partial charge in [-0.3, -0.25) is 19.3 Å². The number of nitrogens with one attached hydrogen (secondary N) is 1. The van der Waals surface area contributed by atoms with E-state index in [-0.39, 0.29) is 23.1 Å². The van der Waals surface area contributed by atoms with Gasteiger partial charge in [0.15, 0.2) is 11.6 Å². The number of rotatable bonds is 8. The highest BCUT2D eigenvalue weighted by atomic mass is 19.1. The number of pyridine rings is 1. The summed E-state index contributed by atoms with van der Waals surface area (Å²) in [5, 5.41) is 3.34. The first-order valence-corrected chi connectivity index (χ1v) is 15.1. The number of carbonyl (C=O) groups excluding carboxylic acids is 1. The lowest BCUT2D eigenvalue weighted by Crippen LogP contribution is -2.25. The Balaban J connectivity index is 1.15. The lowest BCUT2D eigenvalue weighted by atomic mass is 10.1. The molecule has 6 rings (SSSR count). The van der Waals surface area contributed by atoms with E-state index in [9.17, 15) is 9.59 Å². The van der Waals surface area contributed by atoms with E-state index >= 15 is 4.39 Å². The molecule has 9 nitrogen and oxygen atoms in total. The Morgan fingerprint density at radius 3 is 2.67 bits per heavy atom. The number of ether oxygens (including phenoxy) is 3. The number of para-hydroxylation sites is 1. The molecule has 5 aromatic rings. The molecule has 0 radical (unpaired) electrons. The molecule has 1 amide bonds. The number of anilines is 1.